The van der Waals surface area contributed by atoms with Crippen molar-refractivity contribution in [1.29, 1.82) is 0 Å². The molecule has 3 saturated carbocycles. The first-order chi connectivity index (χ1) is 12.6. The maximum Gasteiger partial charge on any atom is 0.287 e. The maximum absolute atomic E-state index is 14.9. The molecule has 1 N–H and O–H groups in total. The molecule has 1 aromatic rings. The molecule has 2 atom stereocenters. The summed E-state index contributed by atoms with van der Waals surface area (Å²) in [5.41, 5.74) is -3.39. The number of hydrogen-bond donors (Lipinski definition) is 1. The average Bonchev–Trinajstić information content (AvgIpc) is 2.62. The highest BCUT2D eigenvalue weighted by Gasteiger charge is 2.71. The largest absolute Gasteiger partial charge is 0.389 e. The van der Waals surface area contributed by atoms with Gasteiger partial charge in [-0.05, 0) is 39.0 Å². The molecule has 3 fully saturated rings. The Morgan fingerprint density at radius 2 is 1.78 bits per heavy atom. The minimum Gasteiger partial charge on any atom is -0.389 e. The summed E-state index contributed by atoms with van der Waals surface area (Å²) in [6.45, 7) is 2.61. The van der Waals surface area contributed by atoms with E-state index in [-0.39, 0.29) is 43.2 Å². The number of rotatable bonds is 6. The molecule has 4 rings (SSSR count). The molecule has 0 saturated heterocycles. The minimum atomic E-state index is -3.50. The number of benzene rings is 1. The van der Waals surface area contributed by atoms with Crippen LogP contribution in [0.25, 0.3) is 0 Å². The van der Waals surface area contributed by atoms with Gasteiger partial charge in [0.2, 0.25) is 0 Å². The van der Waals surface area contributed by atoms with Gasteiger partial charge in [0.25, 0.3) is 5.92 Å². The van der Waals surface area contributed by atoms with Crippen molar-refractivity contribution in [3.05, 3.63) is 34.9 Å². The zero-order valence-corrected chi connectivity index (χ0v) is 15.5. The lowest BCUT2D eigenvalue weighted by Crippen LogP contribution is -2.67. The van der Waals surface area contributed by atoms with Gasteiger partial charge < -0.3 is 9.84 Å². The first-order valence-electron chi connectivity index (χ1n) is 9.41. The van der Waals surface area contributed by atoms with Crippen molar-refractivity contribution in [3.8, 4) is 0 Å². The molecule has 1 aromatic carbocycles. The molecule has 0 heterocycles. The van der Waals surface area contributed by atoms with Crippen LogP contribution >= 0.6 is 0 Å². The van der Waals surface area contributed by atoms with E-state index in [9.17, 15) is 27.1 Å². The van der Waals surface area contributed by atoms with E-state index in [2.05, 4.69) is 0 Å². The zero-order chi connectivity index (χ0) is 20.0. The summed E-state index contributed by atoms with van der Waals surface area (Å²) in [5, 5.41) is 9.43. The Morgan fingerprint density at radius 3 is 2.33 bits per heavy atom. The van der Waals surface area contributed by atoms with E-state index in [1.165, 1.54) is 19.1 Å². The van der Waals surface area contributed by atoms with Crippen LogP contribution in [-0.4, -0.2) is 22.8 Å². The summed E-state index contributed by atoms with van der Waals surface area (Å²) in [5.74, 6) is -5.92. The Morgan fingerprint density at radius 1 is 1.15 bits per heavy atom. The number of aliphatic hydroxyl groups is 1. The fourth-order valence-corrected chi connectivity index (χ4v) is 4.71. The van der Waals surface area contributed by atoms with Crippen LogP contribution in [0.5, 0.6) is 0 Å². The highest BCUT2D eigenvalue weighted by molar-refractivity contribution is 5.27. The molecule has 27 heavy (non-hydrogen) atoms. The van der Waals surface area contributed by atoms with Crippen molar-refractivity contribution in [2.75, 3.05) is 0 Å². The molecule has 7 heteroatoms. The molecule has 0 aliphatic heterocycles. The van der Waals surface area contributed by atoms with Crippen molar-refractivity contribution in [3.63, 3.8) is 0 Å². The van der Waals surface area contributed by atoms with E-state index in [1.54, 1.807) is 6.92 Å². The Hall–Kier alpha value is -1.21. The van der Waals surface area contributed by atoms with Gasteiger partial charge in [0.05, 0.1) is 12.7 Å². The van der Waals surface area contributed by atoms with Crippen LogP contribution in [0.1, 0.15) is 69.6 Å². The number of ether oxygens (including phenoxy) is 1. The molecule has 0 spiro atoms. The van der Waals surface area contributed by atoms with Crippen molar-refractivity contribution in [2.24, 2.45) is 5.41 Å². The fraction of sp³-hybridized carbons (Fsp3) is 0.700. The van der Waals surface area contributed by atoms with Crippen LogP contribution in [0.2, 0.25) is 0 Å². The van der Waals surface area contributed by atoms with Crippen LogP contribution in [0, 0.1) is 17.0 Å². The number of halogens is 5. The summed E-state index contributed by atoms with van der Waals surface area (Å²) in [6, 6.07) is 2.45. The first-order valence-corrected chi connectivity index (χ1v) is 9.41. The predicted molar refractivity (Wildman–Crippen MR) is 90.2 cm³/mol. The van der Waals surface area contributed by atoms with Crippen LogP contribution in [0.4, 0.5) is 22.0 Å². The van der Waals surface area contributed by atoms with Crippen LogP contribution in [0.3, 0.4) is 0 Å². The van der Waals surface area contributed by atoms with Gasteiger partial charge in [0, 0.05) is 16.5 Å². The molecule has 152 valence electrons. The molecule has 2 nitrogen and oxygen atoms in total. The first kappa shape index (κ1) is 20.5. The van der Waals surface area contributed by atoms with Gasteiger partial charge >= 0.3 is 0 Å². The summed E-state index contributed by atoms with van der Waals surface area (Å²) in [7, 11) is 0. The smallest absolute Gasteiger partial charge is 0.287 e. The normalized spacial score (nSPS) is 33.3. The molecule has 0 amide bonds. The highest BCUT2D eigenvalue weighted by Crippen LogP contribution is 2.64. The molecular weight excluding hydrogens is 367 g/mol. The summed E-state index contributed by atoms with van der Waals surface area (Å²) >= 11 is 0. The third kappa shape index (κ3) is 3.07. The average molecular weight is 392 g/mol. The van der Waals surface area contributed by atoms with E-state index in [1.807, 2.05) is 0 Å². The van der Waals surface area contributed by atoms with Crippen LogP contribution in [-0.2, 0) is 11.3 Å². The highest BCUT2D eigenvalue weighted by atomic mass is 19.3. The van der Waals surface area contributed by atoms with Gasteiger partial charge in [-0.15, -0.1) is 0 Å². The van der Waals surface area contributed by atoms with E-state index in [4.69, 9.17) is 4.74 Å². The Balaban J connectivity index is 1.80. The number of alkyl halides is 3. The molecule has 2 unspecified atom stereocenters. The molecule has 3 aliphatic carbocycles. The van der Waals surface area contributed by atoms with Crippen LogP contribution in [0.15, 0.2) is 12.1 Å². The SMILES string of the molecule is CCCC12CCC(OCc3ccc(C(C)O)c(F)c3F)(CC1)C(F)C2(F)F. The predicted octanol–water partition coefficient (Wildman–Crippen LogP) is 5.62. The van der Waals surface area contributed by atoms with Gasteiger partial charge in [-0.25, -0.2) is 22.0 Å². The van der Waals surface area contributed by atoms with Crippen molar-refractivity contribution >= 4 is 0 Å². The second-order valence-electron chi connectivity index (χ2n) is 7.99. The van der Waals surface area contributed by atoms with Gasteiger partial charge in [0.1, 0.15) is 5.60 Å². The van der Waals surface area contributed by atoms with Crippen molar-refractivity contribution < 1.29 is 31.8 Å². The van der Waals surface area contributed by atoms with E-state index in [0.717, 1.165) is 0 Å². The zero-order valence-electron chi connectivity index (χ0n) is 15.5. The second-order valence-corrected chi connectivity index (χ2v) is 7.99. The van der Waals surface area contributed by atoms with E-state index in [0.29, 0.717) is 6.42 Å². The molecule has 3 aliphatic rings. The Kier molecular flexibility index (Phi) is 5.32. The minimum absolute atomic E-state index is 0.139. The standard InChI is InChI=1S/C20H25F5O2/c1-3-6-18-7-9-19(10-8-18,17(23)20(18,24)25)27-11-13-4-5-14(12(2)26)16(22)15(13)21/h4-5,12,17,26H,3,6-11H2,1-2H3. The quantitative estimate of drug-likeness (QED) is 0.637. The topological polar surface area (TPSA) is 29.5 Å². The Labute approximate surface area is 155 Å². The molecule has 0 aromatic heterocycles. The Bertz CT molecular complexity index is 696. The third-order valence-corrected chi connectivity index (χ3v) is 6.43. The van der Waals surface area contributed by atoms with Gasteiger partial charge in [-0.1, -0.05) is 25.5 Å². The molecular formula is C20H25F5O2. The molecule has 2 bridgehead atoms. The van der Waals surface area contributed by atoms with Crippen molar-refractivity contribution in [2.45, 2.75) is 82.8 Å². The monoisotopic (exact) mass is 392 g/mol. The number of aliphatic hydroxyl groups excluding tert-OH is 1. The summed E-state index contributed by atoms with van der Waals surface area (Å²) < 4.78 is 78.2. The fourth-order valence-electron chi connectivity index (χ4n) is 4.71. The van der Waals surface area contributed by atoms with Crippen molar-refractivity contribution in [1.82, 2.24) is 0 Å². The number of hydrogen-bond acceptors (Lipinski definition) is 2. The third-order valence-electron chi connectivity index (χ3n) is 6.43. The van der Waals surface area contributed by atoms with E-state index < -0.39 is 47.5 Å². The number of fused-ring (bicyclic) bond motifs is 3. The lowest BCUT2D eigenvalue weighted by Gasteiger charge is -2.58. The van der Waals surface area contributed by atoms with E-state index >= 15 is 0 Å². The van der Waals surface area contributed by atoms with Gasteiger partial charge in [-0.2, -0.15) is 0 Å². The lowest BCUT2D eigenvalue weighted by molar-refractivity contribution is -0.305. The van der Waals surface area contributed by atoms with Gasteiger partial charge in [0.15, 0.2) is 17.8 Å². The maximum atomic E-state index is 14.9. The van der Waals surface area contributed by atoms with Crippen LogP contribution < -0.4 is 0 Å². The summed E-state index contributed by atoms with van der Waals surface area (Å²) in [6.07, 6.45) is -2.25. The van der Waals surface area contributed by atoms with Gasteiger partial charge in [-0.3, -0.25) is 0 Å². The second kappa shape index (κ2) is 6.99. The molecule has 0 radical (unpaired) electrons. The lowest BCUT2D eigenvalue weighted by atomic mass is 9.54. The summed E-state index contributed by atoms with van der Waals surface area (Å²) in [4.78, 5) is 0.